The molecule has 3 heterocycles. The average Bonchev–Trinajstić information content (AvgIpc) is 2.94. The zero-order valence-corrected chi connectivity index (χ0v) is 15.2. The maximum atomic E-state index is 12.9. The first-order valence-corrected chi connectivity index (χ1v) is 9.11. The monoisotopic (exact) mass is 363 g/mol. The van der Waals surface area contributed by atoms with Crippen molar-refractivity contribution in [3.05, 3.63) is 70.3 Å². The molecule has 2 aromatic heterocycles. The lowest BCUT2D eigenvalue weighted by molar-refractivity contribution is 0.0735. The van der Waals surface area contributed by atoms with E-state index in [1.807, 2.05) is 19.2 Å². The molecule has 3 aromatic rings. The summed E-state index contributed by atoms with van der Waals surface area (Å²) in [5, 5.41) is 0.490. The summed E-state index contributed by atoms with van der Waals surface area (Å²) in [6.45, 7) is 4.79. The summed E-state index contributed by atoms with van der Waals surface area (Å²) >= 11 is 0. The molecular weight excluding hydrogens is 342 g/mol. The van der Waals surface area contributed by atoms with Crippen molar-refractivity contribution in [2.45, 2.75) is 13.3 Å². The lowest BCUT2D eigenvalue weighted by Gasteiger charge is -2.23. The van der Waals surface area contributed by atoms with Gasteiger partial charge in [-0.2, -0.15) is 0 Å². The summed E-state index contributed by atoms with van der Waals surface area (Å²) < 4.78 is 5.71. The van der Waals surface area contributed by atoms with Crippen LogP contribution in [-0.2, 0) is 0 Å². The minimum atomic E-state index is -0.231. The quantitative estimate of drug-likeness (QED) is 0.700. The number of carbonyl (C=O) groups excluding carboxylic acids is 1. The van der Waals surface area contributed by atoms with E-state index in [1.165, 1.54) is 6.07 Å². The summed E-state index contributed by atoms with van der Waals surface area (Å²) in [7, 11) is 0. The van der Waals surface area contributed by atoms with Gasteiger partial charge in [0, 0.05) is 49.8 Å². The maximum absolute atomic E-state index is 12.9. The number of nitrogens with zero attached hydrogens (tertiary/aromatic N) is 3. The largest absolute Gasteiger partial charge is 0.451 e. The predicted molar refractivity (Wildman–Crippen MR) is 104 cm³/mol. The molecule has 0 bridgehead atoms. The minimum absolute atomic E-state index is 0.104. The van der Waals surface area contributed by atoms with Gasteiger partial charge in [-0.1, -0.05) is 12.1 Å². The Balaban J connectivity index is 1.54. The smallest absolute Gasteiger partial charge is 0.289 e. The third-order valence-electron chi connectivity index (χ3n) is 4.87. The Morgan fingerprint density at radius 2 is 1.93 bits per heavy atom. The molecule has 1 aliphatic heterocycles. The molecule has 138 valence electrons. The number of aryl methyl sites for hydroxylation is 1. The minimum Gasteiger partial charge on any atom is -0.451 e. The second kappa shape index (κ2) is 7.23. The van der Waals surface area contributed by atoms with Crippen LogP contribution in [0.25, 0.3) is 11.0 Å². The van der Waals surface area contributed by atoms with Gasteiger partial charge in [-0.3, -0.25) is 14.6 Å². The highest BCUT2D eigenvalue weighted by Gasteiger charge is 2.23. The second-order valence-corrected chi connectivity index (χ2v) is 6.76. The fraction of sp³-hybridized carbons (Fsp3) is 0.286. The van der Waals surface area contributed by atoms with Gasteiger partial charge >= 0.3 is 0 Å². The molecule has 0 unspecified atom stereocenters. The number of benzene rings is 1. The summed E-state index contributed by atoms with van der Waals surface area (Å²) in [6, 6.07) is 12.3. The van der Waals surface area contributed by atoms with Crippen LogP contribution < -0.4 is 10.3 Å². The number of aromatic nitrogens is 1. The van der Waals surface area contributed by atoms with Crippen molar-refractivity contribution in [1.29, 1.82) is 0 Å². The fourth-order valence-corrected chi connectivity index (χ4v) is 3.47. The molecule has 4 rings (SSSR count). The molecule has 27 heavy (non-hydrogen) atoms. The first kappa shape index (κ1) is 17.3. The molecular formula is C21H21N3O3. The van der Waals surface area contributed by atoms with Crippen molar-refractivity contribution >= 4 is 22.6 Å². The molecule has 0 N–H and O–H groups in total. The maximum Gasteiger partial charge on any atom is 0.289 e. The van der Waals surface area contributed by atoms with Gasteiger partial charge in [-0.25, -0.2) is 0 Å². The molecule has 0 aliphatic carbocycles. The highest BCUT2D eigenvalue weighted by atomic mass is 16.3. The van der Waals surface area contributed by atoms with Crippen LogP contribution in [0, 0.1) is 6.92 Å². The van der Waals surface area contributed by atoms with E-state index in [0.717, 1.165) is 30.9 Å². The molecule has 0 atom stereocenters. The third-order valence-corrected chi connectivity index (χ3v) is 4.87. The molecule has 0 saturated carbocycles. The number of rotatable bonds is 2. The SMILES string of the molecule is Cc1cc(N2CCCN(C(=O)c3cc(=O)c4ccccc4o3)CC2)ccn1. The molecule has 1 amide bonds. The second-order valence-electron chi connectivity index (χ2n) is 6.76. The van der Waals surface area contributed by atoms with Gasteiger partial charge in [0.25, 0.3) is 5.91 Å². The van der Waals surface area contributed by atoms with Crippen molar-refractivity contribution in [3.63, 3.8) is 0 Å². The van der Waals surface area contributed by atoms with E-state index in [2.05, 4.69) is 16.0 Å². The lowest BCUT2D eigenvalue weighted by Crippen LogP contribution is -2.35. The fourth-order valence-electron chi connectivity index (χ4n) is 3.47. The van der Waals surface area contributed by atoms with Gasteiger partial charge in [0.1, 0.15) is 5.58 Å². The van der Waals surface area contributed by atoms with E-state index in [4.69, 9.17) is 4.42 Å². The Morgan fingerprint density at radius 1 is 1.07 bits per heavy atom. The number of anilines is 1. The summed E-state index contributed by atoms with van der Waals surface area (Å²) in [6.07, 6.45) is 2.66. The predicted octanol–water partition coefficient (Wildman–Crippen LogP) is 2.85. The van der Waals surface area contributed by atoms with Crippen molar-refractivity contribution in [2.24, 2.45) is 0 Å². The topological polar surface area (TPSA) is 66.7 Å². The number of carbonyl (C=O) groups is 1. The van der Waals surface area contributed by atoms with Crippen LogP contribution in [0.4, 0.5) is 5.69 Å². The van der Waals surface area contributed by atoms with Crippen LogP contribution in [0.2, 0.25) is 0 Å². The molecule has 1 aromatic carbocycles. The van der Waals surface area contributed by atoms with Crippen LogP contribution in [0.1, 0.15) is 22.7 Å². The molecule has 1 fully saturated rings. The lowest BCUT2D eigenvalue weighted by atomic mass is 10.2. The zero-order valence-electron chi connectivity index (χ0n) is 15.2. The summed E-state index contributed by atoms with van der Waals surface area (Å²) in [5.74, 6) is -0.127. The van der Waals surface area contributed by atoms with E-state index in [-0.39, 0.29) is 17.1 Å². The van der Waals surface area contributed by atoms with Crippen LogP contribution >= 0.6 is 0 Å². The average molecular weight is 363 g/mol. The van der Waals surface area contributed by atoms with Crippen LogP contribution in [0.5, 0.6) is 0 Å². The van der Waals surface area contributed by atoms with Crippen molar-refractivity contribution in [2.75, 3.05) is 31.1 Å². The van der Waals surface area contributed by atoms with E-state index in [0.29, 0.717) is 24.1 Å². The standard InChI is InChI=1S/C21H21N3O3/c1-15-13-16(7-8-22-15)23-9-4-10-24(12-11-23)21(26)20-14-18(25)17-5-2-3-6-19(17)27-20/h2-3,5-8,13-14H,4,9-12H2,1H3. The number of fused-ring (bicyclic) bond motifs is 1. The molecule has 0 radical (unpaired) electrons. The Hall–Kier alpha value is -3.15. The van der Waals surface area contributed by atoms with Crippen molar-refractivity contribution in [1.82, 2.24) is 9.88 Å². The normalized spacial score (nSPS) is 15.0. The number of hydrogen-bond acceptors (Lipinski definition) is 5. The summed E-state index contributed by atoms with van der Waals surface area (Å²) in [4.78, 5) is 33.5. The van der Waals surface area contributed by atoms with Crippen LogP contribution in [-0.4, -0.2) is 42.0 Å². The number of pyridine rings is 1. The first-order valence-electron chi connectivity index (χ1n) is 9.11. The van der Waals surface area contributed by atoms with Gasteiger partial charge < -0.3 is 14.2 Å². The Bertz CT molecular complexity index is 1040. The van der Waals surface area contributed by atoms with Gasteiger partial charge in [0.15, 0.2) is 11.2 Å². The number of amides is 1. The van der Waals surface area contributed by atoms with Gasteiger partial charge in [0.2, 0.25) is 0 Å². The Labute approximate surface area is 157 Å². The van der Waals surface area contributed by atoms with Crippen LogP contribution in [0.15, 0.2) is 57.9 Å². The summed E-state index contributed by atoms with van der Waals surface area (Å²) in [5.41, 5.74) is 2.35. The van der Waals surface area contributed by atoms with E-state index in [1.54, 1.807) is 29.2 Å². The van der Waals surface area contributed by atoms with Gasteiger partial charge in [-0.15, -0.1) is 0 Å². The van der Waals surface area contributed by atoms with Crippen molar-refractivity contribution in [3.8, 4) is 0 Å². The number of hydrogen-bond donors (Lipinski definition) is 0. The molecule has 1 saturated heterocycles. The molecule has 0 spiro atoms. The van der Waals surface area contributed by atoms with Crippen LogP contribution in [0.3, 0.4) is 0 Å². The Morgan fingerprint density at radius 3 is 2.78 bits per heavy atom. The van der Waals surface area contributed by atoms with E-state index >= 15 is 0 Å². The Kier molecular flexibility index (Phi) is 4.62. The molecule has 6 heteroatoms. The molecule has 6 nitrogen and oxygen atoms in total. The number of para-hydroxylation sites is 1. The van der Waals surface area contributed by atoms with Gasteiger partial charge in [-0.05, 0) is 37.6 Å². The first-order chi connectivity index (χ1) is 13.1. The highest BCUT2D eigenvalue weighted by Crippen LogP contribution is 2.18. The highest BCUT2D eigenvalue weighted by molar-refractivity contribution is 5.93. The van der Waals surface area contributed by atoms with Gasteiger partial charge in [0.05, 0.1) is 5.39 Å². The molecule has 1 aliphatic rings. The zero-order chi connectivity index (χ0) is 18.8. The van der Waals surface area contributed by atoms with E-state index < -0.39 is 0 Å². The third kappa shape index (κ3) is 3.56. The van der Waals surface area contributed by atoms with Crippen molar-refractivity contribution < 1.29 is 9.21 Å². The van der Waals surface area contributed by atoms with E-state index in [9.17, 15) is 9.59 Å².